The van der Waals surface area contributed by atoms with Crippen LogP contribution in [-0.4, -0.2) is 20.3 Å². The first-order valence-corrected chi connectivity index (χ1v) is 5.80. The van der Waals surface area contributed by atoms with Crippen LogP contribution in [0.5, 0.6) is 5.75 Å². The first-order valence-electron chi connectivity index (χ1n) is 5.80. The van der Waals surface area contributed by atoms with Gasteiger partial charge in [0.05, 0.1) is 37.2 Å². The van der Waals surface area contributed by atoms with Crippen LogP contribution in [0.3, 0.4) is 0 Å². The van der Waals surface area contributed by atoms with Gasteiger partial charge in [-0.1, -0.05) is 0 Å². The first-order chi connectivity index (χ1) is 8.47. The van der Waals surface area contributed by atoms with E-state index in [1.807, 2.05) is 13.8 Å². The van der Waals surface area contributed by atoms with E-state index in [-0.39, 0.29) is 5.82 Å². The minimum Gasteiger partial charge on any atom is -0.496 e. The number of hydrogen-bond acceptors (Lipinski definition) is 3. The summed E-state index contributed by atoms with van der Waals surface area (Å²) >= 11 is 0. The van der Waals surface area contributed by atoms with Gasteiger partial charge in [0.15, 0.2) is 0 Å². The fourth-order valence-corrected chi connectivity index (χ4v) is 2.32. The summed E-state index contributed by atoms with van der Waals surface area (Å²) < 4.78 is 24.1. The molecule has 0 saturated carbocycles. The number of nitriles is 1. The number of halogens is 1. The van der Waals surface area contributed by atoms with Crippen molar-refractivity contribution in [2.75, 3.05) is 20.3 Å². The van der Waals surface area contributed by atoms with Crippen LogP contribution < -0.4 is 4.74 Å². The zero-order valence-electron chi connectivity index (χ0n) is 10.8. The van der Waals surface area contributed by atoms with Crippen molar-refractivity contribution in [1.29, 1.82) is 5.26 Å². The summed E-state index contributed by atoms with van der Waals surface area (Å²) in [6.45, 7) is 4.51. The molecule has 1 aromatic carbocycles. The van der Waals surface area contributed by atoms with E-state index in [1.165, 1.54) is 12.1 Å². The molecule has 1 saturated heterocycles. The molecule has 0 amide bonds. The Hall–Kier alpha value is -1.60. The summed E-state index contributed by atoms with van der Waals surface area (Å²) in [5.74, 6) is 0.272. The van der Waals surface area contributed by atoms with E-state index in [0.29, 0.717) is 24.5 Å². The Morgan fingerprint density at radius 1 is 1.44 bits per heavy atom. The van der Waals surface area contributed by atoms with Gasteiger partial charge >= 0.3 is 0 Å². The molecule has 1 aromatic rings. The van der Waals surface area contributed by atoms with E-state index in [4.69, 9.17) is 9.47 Å². The lowest BCUT2D eigenvalue weighted by molar-refractivity contribution is -0.103. The zero-order chi connectivity index (χ0) is 13.4. The van der Waals surface area contributed by atoms with Crippen LogP contribution in [0.15, 0.2) is 18.2 Å². The average Bonchev–Trinajstić information content (AvgIpc) is 2.27. The normalized spacial score (nSPS) is 17.7. The maximum Gasteiger partial charge on any atom is 0.123 e. The largest absolute Gasteiger partial charge is 0.496 e. The maximum absolute atomic E-state index is 13.5. The lowest BCUT2D eigenvalue weighted by Gasteiger charge is -2.49. The smallest absolute Gasteiger partial charge is 0.123 e. The second kappa shape index (κ2) is 4.25. The van der Waals surface area contributed by atoms with Crippen molar-refractivity contribution < 1.29 is 13.9 Å². The molecule has 0 unspecified atom stereocenters. The third-order valence-electron chi connectivity index (χ3n) is 3.85. The van der Waals surface area contributed by atoms with Crippen LogP contribution in [-0.2, 0) is 10.2 Å². The number of nitrogens with zero attached hydrogens (tertiary/aromatic N) is 1. The summed E-state index contributed by atoms with van der Waals surface area (Å²) in [5.41, 5.74) is -0.440. The van der Waals surface area contributed by atoms with Gasteiger partial charge in [0.25, 0.3) is 0 Å². The predicted molar refractivity (Wildman–Crippen MR) is 64.8 cm³/mol. The molecule has 2 rings (SSSR count). The Bertz CT molecular complexity index is 501. The van der Waals surface area contributed by atoms with Gasteiger partial charge in [0.2, 0.25) is 0 Å². The van der Waals surface area contributed by atoms with Crippen LogP contribution in [0.25, 0.3) is 0 Å². The Morgan fingerprint density at radius 3 is 2.56 bits per heavy atom. The van der Waals surface area contributed by atoms with Gasteiger partial charge in [0, 0.05) is 5.56 Å². The third-order valence-corrected chi connectivity index (χ3v) is 3.85. The van der Waals surface area contributed by atoms with Crippen molar-refractivity contribution in [2.24, 2.45) is 5.41 Å². The fourth-order valence-electron chi connectivity index (χ4n) is 2.32. The van der Waals surface area contributed by atoms with E-state index in [1.54, 1.807) is 13.2 Å². The van der Waals surface area contributed by atoms with E-state index < -0.39 is 10.8 Å². The Morgan fingerprint density at radius 2 is 2.11 bits per heavy atom. The summed E-state index contributed by atoms with van der Waals surface area (Å²) in [5, 5.41) is 9.35. The highest BCUT2D eigenvalue weighted by Gasteiger charge is 2.54. The SMILES string of the molecule is COc1ccc(F)cc1C1(C(C)(C)C#N)COC1. The second-order valence-corrected chi connectivity index (χ2v) is 5.16. The highest BCUT2D eigenvalue weighted by atomic mass is 19.1. The van der Waals surface area contributed by atoms with Crippen LogP contribution in [0.1, 0.15) is 19.4 Å². The van der Waals surface area contributed by atoms with Gasteiger partial charge in [-0.25, -0.2) is 4.39 Å². The van der Waals surface area contributed by atoms with Crippen molar-refractivity contribution in [2.45, 2.75) is 19.3 Å². The molecule has 0 N–H and O–H groups in total. The zero-order valence-corrected chi connectivity index (χ0v) is 10.8. The summed E-state index contributed by atoms with van der Waals surface area (Å²) in [7, 11) is 1.54. The number of ether oxygens (including phenoxy) is 2. The summed E-state index contributed by atoms with van der Waals surface area (Å²) in [6.07, 6.45) is 0. The molecule has 4 heteroatoms. The molecule has 0 bridgehead atoms. The van der Waals surface area contributed by atoms with Crippen LogP contribution in [0, 0.1) is 22.6 Å². The summed E-state index contributed by atoms with van der Waals surface area (Å²) in [6, 6.07) is 6.69. The topological polar surface area (TPSA) is 42.2 Å². The Kier molecular flexibility index (Phi) is 3.04. The van der Waals surface area contributed by atoms with Crippen LogP contribution in [0.4, 0.5) is 4.39 Å². The number of benzene rings is 1. The van der Waals surface area contributed by atoms with Crippen molar-refractivity contribution in [3.8, 4) is 11.8 Å². The number of hydrogen-bond donors (Lipinski definition) is 0. The lowest BCUT2D eigenvalue weighted by Crippen LogP contribution is -2.56. The molecule has 1 aliphatic rings. The Balaban J connectivity index is 2.59. The van der Waals surface area contributed by atoms with Crippen molar-refractivity contribution in [3.63, 3.8) is 0 Å². The molecule has 0 spiro atoms. The van der Waals surface area contributed by atoms with Crippen LogP contribution >= 0.6 is 0 Å². The molecule has 1 fully saturated rings. The third kappa shape index (κ3) is 1.67. The minimum absolute atomic E-state index is 0.328. The van der Waals surface area contributed by atoms with Gasteiger partial charge in [0.1, 0.15) is 11.6 Å². The highest BCUT2D eigenvalue weighted by Crippen LogP contribution is 2.49. The van der Waals surface area contributed by atoms with Gasteiger partial charge in [-0.2, -0.15) is 5.26 Å². The molecule has 96 valence electrons. The van der Waals surface area contributed by atoms with E-state index in [9.17, 15) is 9.65 Å². The molecule has 3 nitrogen and oxygen atoms in total. The van der Waals surface area contributed by atoms with Gasteiger partial charge in [-0.3, -0.25) is 0 Å². The van der Waals surface area contributed by atoms with Crippen molar-refractivity contribution in [1.82, 2.24) is 0 Å². The lowest BCUT2D eigenvalue weighted by atomic mass is 9.61. The second-order valence-electron chi connectivity index (χ2n) is 5.16. The Labute approximate surface area is 106 Å². The molecular formula is C14H16FNO2. The molecule has 1 heterocycles. The van der Waals surface area contributed by atoms with Gasteiger partial charge in [-0.05, 0) is 32.0 Å². The minimum atomic E-state index is -0.647. The molecule has 0 aromatic heterocycles. The standard InChI is InChI=1S/C14H16FNO2/c1-13(2,7-16)14(8-18-9-14)11-6-10(15)4-5-12(11)17-3/h4-6H,8-9H2,1-3H3. The van der Waals surface area contributed by atoms with E-state index in [0.717, 1.165) is 0 Å². The van der Waals surface area contributed by atoms with Gasteiger partial charge < -0.3 is 9.47 Å². The van der Waals surface area contributed by atoms with E-state index in [2.05, 4.69) is 6.07 Å². The van der Waals surface area contributed by atoms with Crippen molar-refractivity contribution in [3.05, 3.63) is 29.6 Å². The number of rotatable bonds is 3. The first kappa shape index (κ1) is 12.8. The molecule has 1 aliphatic heterocycles. The van der Waals surface area contributed by atoms with Crippen molar-refractivity contribution >= 4 is 0 Å². The molecule has 18 heavy (non-hydrogen) atoms. The highest BCUT2D eigenvalue weighted by molar-refractivity contribution is 5.44. The number of methoxy groups -OCH3 is 1. The molecule has 0 aliphatic carbocycles. The molecular weight excluding hydrogens is 233 g/mol. The van der Waals surface area contributed by atoms with Gasteiger partial charge in [-0.15, -0.1) is 0 Å². The van der Waals surface area contributed by atoms with E-state index >= 15 is 0 Å². The fraction of sp³-hybridized carbons (Fsp3) is 0.500. The maximum atomic E-state index is 13.5. The summed E-state index contributed by atoms with van der Waals surface area (Å²) in [4.78, 5) is 0. The monoisotopic (exact) mass is 249 g/mol. The predicted octanol–water partition coefficient (Wildman–Crippen LogP) is 2.65. The average molecular weight is 249 g/mol. The molecule has 0 radical (unpaired) electrons. The van der Waals surface area contributed by atoms with Crippen LogP contribution in [0.2, 0.25) is 0 Å². The molecule has 0 atom stereocenters. The quantitative estimate of drug-likeness (QED) is 0.827.